The second-order valence-corrected chi connectivity index (χ2v) is 17.4. The number of carbonyl (C=O) groups excluding carboxylic acids is 2. The van der Waals surface area contributed by atoms with Crippen molar-refractivity contribution in [3.05, 3.63) is 60.8 Å². The zero-order valence-electron chi connectivity index (χ0n) is 37.2. The highest BCUT2D eigenvalue weighted by Gasteiger charge is 2.51. The summed E-state index contributed by atoms with van der Waals surface area (Å²) in [6.45, 7) is 3.13. The molecule has 0 aliphatic heterocycles. The van der Waals surface area contributed by atoms with Crippen LogP contribution in [0.3, 0.4) is 0 Å². The van der Waals surface area contributed by atoms with Crippen molar-refractivity contribution in [2.24, 2.45) is 0 Å². The first-order valence-electron chi connectivity index (χ1n) is 23.1. The van der Waals surface area contributed by atoms with E-state index in [2.05, 4.69) is 38.2 Å². The van der Waals surface area contributed by atoms with Crippen LogP contribution in [0.4, 0.5) is 0 Å². The molecule has 1 saturated carbocycles. The molecule has 1 fully saturated rings. The maximum atomic E-state index is 12.8. The van der Waals surface area contributed by atoms with Gasteiger partial charge in [0.1, 0.15) is 43.2 Å². The molecule has 0 aromatic rings. The number of hydrogen-bond donors (Lipinski definition) is 6. The summed E-state index contributed by atoms with van der Waals surface area (Å²) in [5.74, 6) is -1.13. The maximum absolute atomic E-state index is 12.8. The largest absolute Gasteiger partial charge is 0.472 e. The van der Waals surface area contributed by atoms with Crippen molar-refractivity contribution < 1.29 is 63.1 Å². The lowest BCUT2D eigenvalue weighted by Crippen LogP contribution is -2.64. The molecule has 0 spiro atoms. The monoisotopic (exact) mass is 885 g/mol. The zero-order chi connectivity index (χ0) is 45.0. The van der Waals surface area contributed by atoms with Gasteiger partial charge in [0, 0.05) is 12.8 Å². The molecule has 0 aromatic carbocycles. The fourth-order valence-electron chi connectivity index (χ4n) is 6.70. The molecule has 0 bridgehead atoms. The number of phosphoric acid groups is 1. The average Bonchev–Trinajstić information content (AvgIpc) is 3.24. The summed E-state index contributed by atoms with van der Waals surface area (Å²) in [7, 11) is -5.13. The summed E-state index contributed by atoms with van der Waals surface area (Å²) in [6, 6.07) is 0. The number of esters is 2. The van der Waals surface area contributed by atoms with Crippen molar-refractivity contribution in [3.8, 4) is 0 Å². The second kappa shape index (κ2) is 37.0. The molecule has 14 heteroatoms. The van der Waals surface area contributed by atoms with Gasteiger partial charge in [-0.15, -0.1) is 0 Å². The molecule has 352 valence electrons. The van der Waals surface area contributed by atoms with Crippen molar-refractivity contribution >= 4 is 19.8 Å². The van der Waals surface area contributed by atoms with Crippen LogP contribution >= 0.6 is 7.82 Å². The van der Waals surface area contributed by atoms with Crippen LogP contribution in [0.1, 0.15) is 168 Å². The molecule has 0 aromatic heterocycles. The summed E-state index contributed by atoms with van der Waals surface area (Å²) in [5.41, 5.74) is 0. The van der Waals surface area contributed by atoms with E-state index in [0.717, 1.165) is 70.6 Å². The van der Waals surface area contributed by atoms with E-state index in [0.29, 0.717) is 12.8 Å². The highest BCUT2D eigenvalue weighted by molar-refractivity contribution is 7.47. The van der Waals surface area contributed by atoms with Gasteiger partial charge >= 0.3 is 19.8 Å². The Balaban J connectivity index is 2.47. The third kappa shape index (κ3) is 29.5. The predicted molar refractivity (Wildman–Crippen MR) is 239 cm³/mol. The van der Waals surface area contributed by atoms with Crippen LogP contribution in [0.25, 0.3) is 0 Å². The van der Waals surface area contributed by atoms with E-state index in [9.17, 15) is 44.6 Å². The minimum Gasteiger partial charge on any atom is -0.462 e. The van der Waals surface area contributed by atoms with Gasteiger partial charge in [0.25, 0.3) is 0 Å². The molecule has 1 aliphatic rings. The van der Waals surface area contributed by atoms with E-state index < -0.39 is 75.7 Å². The first kappa shape index (κ1) is 56.6. The second-order valence-electron chi connectivity index (χ2n) is 16.0. The van der Waals surface area contributed by atoms with Gasteiger partial charge in [-0.25, -0.2) is 4.57 Å². The molecule has 6 unspecified atom stereocenters. The van der Waals surface area contributed by atoms with Crippen LogP contribution in [0.5, 0.6) is 0 Å². The molecule has 1 aliphatic carbocycles. The molecule has 0 radical (unpaired) electrons. The number of allylic oxidation sites excluding steroid dienone is 10. The number of unbranched alkanes of at least 4 members (excludes halogenated alkanes) is 18. The Kier molecular flexibility index (Phi) is 34.3. The molecule has 0 amide bonds. The molecular formula is C47H81O13P. The molecule has 8 atom stereocenters. The molecule has 13 nitrogen and oxygen atoms in total. The Labute approximate surface area is 366 Å². The van der Waals surface area contributed by atoms with E-state index >= 15 is 0 Å². The van der Waals surface area contributed by atoms with E-state index in [1.807, 2.05) is 36.5 Å². The lowest BCUT2D eigenvalue weighted by Gasteiger charge is -2.41. The molecule has 0 heterocycles. The standard InChI is InChI=1S/C47H81O13P/c1-3-5-7-9-11-13-15-17-19-20-22-23-25-27-29-31-33-35-40(48)57-37-39(38-58-61(55,56)60-47-45(53)43(51)42(50)44(52)46(47)54)59-41(49)36-34-32-30-28-26-24-21-18-16-14-12-10-8-6-4-2/h6,8,10,12,14,16-19,21,39,42-47,50-54H,3-5,7,9,11,13,15,20,22-38H2,1-2H3,(H,55,56)/b8-6+,12-10+,16-14+,19-17+,21-18+/t39-,42?,43-,44?,45?,46?,47?/m0/s1. The first-order chi connectivity index (χ1) is 29.4. The number of carbonyl (C=O) groups is 2. The van der Waals surface area contributed by atoms with Gasteiger partial charge in [0.2, 0.25) is 0 Å². The maximum Gasteiger partial charge on any atom is 0.472 e. The van der Waals surface area contributed by atoms with E-state index in [-0.39, 0.29) is 12.8 Å². The van der Waals surface area contributed by atoms with Gasteiger partial charge in [0.05, 0.1) is 6.61 Å². The zero-order valence-corrected chi connectivity index (χ0v) is 38.1. The molecule has 6 N–H and O–H groups in total. The minimum absolute atomic E-state index is 0.0674. The van der Waals surface area contributed by atoms with Crippen LogP contribution in [-0.2, 0) is 32.7 Å². The van der Waals surface area contributed by atoms with Crippen molar-refractivity contribution in [1.82, 2.24) is 0 Å². The van der Waals surface area contributed by atoms with Crippen LogP contribution in [-0.4, -0.2) is 98.3 Å². The smallest absolute Gasteiger partial charge is 0.462 e. The Morgan fingerprint density at radius 3 is 1.48 bits per heavy atom. The van der Waals surface area contributed by atoms with Crippen LogP contribution in [0.2, 0.25) is 0 Å². The van der Waals surface area contributed by atoms with E-state index in [1.165, 1.54) is 57.8 Å². The SMILES string of the molecule is CC/C=C/C=C/C=C/C=C/CCCCCCCC(=O)O[C@@H](COC(=O)CCCCCCCCC/C=C/CCCCCCCC)COP(=O)(O)OC1C(O)C(O)C(O)[C@H](O)C1O. The van der Waals surface area contributed by atoms with E-state index in [1.54, 1.807) is 0 Å². The molecule has 0 saturated heterocycles. The fraction of sp³-hybridized carbons (Fsp3) is 0.745. The summed E-state index contributed by atoms with van der Waals surface area (Å²) in [6.07, 6.45) is 31.3. The van der Waals surface area contributed by atoms with Gasteiger partial charge in [-0.3, -0.25) is 18.6 Å². The average molecular weight is 885 g/mol. The quantitative estimate of drug-likeness (QED) is 0.0113. The third-order valence-electron chi connectivity index (χ3n) is 10.4. The third-order valence-corrected chi connectivity index (χ3v) is 11.4. The van der Waals surface area contributed by atoms with Gasteiger partial charge in [-0.2, -0.15) is 0 Å². The van der Waals surface area contributed by atoms with Crippen LogP contribution in [0.15, 0.2) is 60.8 Å². The van der Waals surface area contributed by atoms with Gasteiger partial charge in [-0.05, 0) is 57.8 Å². The van der Waals surface area contributed by atoms with Crippen LogP contribution < -0.4 is 0 Å². The predicted octanol–water partition coefficient (Wildman–Crippen LogP) is 8.94. The topological polar surface area (TPSA) is 210 Å². The molecule has 61 heavy (non-hydrogen) atoms. The Bertz CT molecular complexity index is 1300. The Hall–Kier alpha value is -2.45. The number of ether oxygens (including phenoxy) is 2. The van der Waals surface area contributed by atoms with Crippen molar-refractivity contribution in [3.63, 3.8) is 0 Å². The summed E-state index contributed by atoms with van der Waals surface area (Å²) >= 11 is 0. The van der Waals surface area contributed by atoms with Gasteiger partial charge in [-0.1, -0.05) is 158 Å². The van der Waals surface area contributed by atoms with E-state index in [4.69, 9.17) is 18.5 Å². The number of aliphatic hydroxyl groups excluding tert-OH is 5. The number of aliphatic hydroxyl groups is 5. The summed E-state index contributed by atoms with van der Waals surface area (Å²) in [4.78, 5) is 35.7. The number of rotatable bonds is 37. The van der Waals surface area contributed by atoms with Crippen LogP contribution in [0, 0.1) is 0 Å². The summed E-state index contributed by atoms with van der Waals surface area (Å²) in [5, 5.41) is 50.1. The minimum atomic E-state index is -5.13. The number of phosphoric ester groups is 1. The van der Waals surface area contributed by atoms with Crippen molar-refractivity contribution in [2.45, 2.75) is 211 Å². The first-order valence-corrected chi connectivity index (χ1v) is 24.6. The number of hydrogen-bond acceptors (Lipinski definition) is 12. The summed E-state index contributed by atoms with van der Waals surface area (Å²) < 4.78 is 33.5. The Morgan fingerprint density at radius 1 is 0.525 bits per heavy atom. The van der Waals surface area contributed by atoms with Crippen molar-refractivity contribution in [1.29, 1.82) is 0 Å². The lowest BCUT2D eigenvalue weighted by molar-refractivity contribution is -0.220. The molecule has 1 rings (SSSR count). The normalized spacial score (nSPS) is 22.6. The molecular weight excluding hydrogens is 803 g/mol. The fourth-order valence-corrected chi connectivity index (χ4v) is 7.68. The van der Waals surface area contributed by atoms with Crippen molar-refractivity contribution in [2.75, 3.05) is 13.2 Å². The Morgan fingerprint density at radius 2 is 0.951 bits per heavy atom. The van der Waals surface area contributed by atoms with Gasteiger partial charge < -0.3 is 39.9 Å². The van der Waals surface area contributed by atoms with Gasteiger partial charge in [0.15, 0.2) is 6.10 Å². The highest BCUT2D eigenvalue weighted by atomic mass is 31.2. The highest BCUT2D eigenvalue weighted by Crippen LogP contribution is 2.47. The lowest BCUT2D eigenvalue weighted by atomic mass is 9.85.